The van der Waals surface area contributed by atoms with E-state index >= 15 is 0 Å². The SMILES string of the molecule is Cc1ccc(OCCc2ccc(CN3CCN(C(=O)O)C(C(C)(C)C)C3)cc2)cn1. The summed E-state index contributed by atoms with van der Waals surface area (Å²) in [5.74, 6) is 0.797. The Balaban J connectivity index is 1.51. The summed E-state index contributed by atoms with van der Waals surface area (Å²) in [7, 11) is 0. The number of piperazine rings is 1. The highest BCUT2D eigenvalue weighted by atomic mass is 16.5. The number of carbonyl (C=O) groups is 1. The third-order valence-electron chi connectivity index (χ3n) is 5.68. The highest BCUT2D eigenvalue weighted by molar-refractivity contribution is 5.65. The number of aromatic nitrogens is 1. The zero-order chi connectivity index (χ0) is 21.7. The van der Waals surface area contributed by atoms with Gasteiger partial charge in [0, 0.05) is 38.3 Å². The van der Waals surface area contributed by atoms with Gasteiger partial charge in [0.05, 0.1) is 18.8 Å². The van der Waals surface area contributed by atoms with Gasteiger partial charge in [-0.15, -0.1) is 0 Å². The molecule has 3 rings (SSSR count). The normalized spacial score (nSPS) is 17.7. The first-order valence-corrected chi connectivity index (χ1v) is 10.6. The van der Waals surface area contributed by atoms with Gasteiger partial charge in [-0.2, -0.15) is 0 Å². The van der Waals surface area contributed by atoms with Crippen molar-refractivity contribution in [3.8, 4) is 5.75 Å². The minimum atomic E-state index is -0.817. The largest absolute Gasteiger partial charge is 0.492 e. The van der Waals surface area contributed by atoms with Crippen molar-refractivity contribution in [2.24, 2.45) is 5.41 Å². The van der Waals surface area contributed by atoms with E-state index in [4.69, 9.17) is 4.74 Å². The van der Waals surface area contributed by atoms with Crippen LogP contribution >= 0.6 is 0 Å². The van der Waals surface area contributed by atoms with E-state index in [0.717, 1.165) is 37.5 Å². The van der Waals surface area contributed by atoms with Crippen LogP contribution in [-0.4, -0.2) is 58.3 Å². The second kappa shape index (κ2) is 9.47. The Morgan fingerprint density at radius 2 is 1.83 bits per heavy atom. The molecule has 1 amide bonds. The van der Waals surface area contributed by atoms with Crippen molar-refractivity contribution in [1.82, 2.24) is 14.8 Å². The van der Waals surface area contributed by atoms with Crippen LogP contribution in [0.15, 0.2) is 42.6 Å². The van der Waals surface area contributed by atoms with E-state index < -0.39 is 6.09 Å². The van der Waals surface area contributed by atoms with E-state index in [0.29, 0.717) is 13.2 Å². The first-order valence-electron chi connectivity index (χ1n) is 10.6. The predicted molar refractivity (Wildman–Crippen MR) is 118 cm³/mol. The minimum absolute atomic E-state index is 0.00330. The van der Waals surface area contributed by atoms with Gasteiger partial charge in [0.2, 0.25) is 0 Å². The van der Waals surface area contributed by atoms with Crippen LogP contribution in [0.4, 0.5) is 4.79 Å². The van der Waals surface area contributed by atoms with Gasteiger partial charge >= 0.3 is 6.09 Å². The van der Waals surface area contributed by atoms with Crippen molar-refractivity contribution >= 4 is 6.09 Å². The van der Waals surface area contributed by atoms with Gasteiger partial charge in [-0.3, -0.25) is 9.88 Å². The monoisotopic (exact) mass is 411 g/mol. The van der Waals surface area contributed by atoms with Crippen LogP contribution in [0.25, 0.3) is 0 Å². The molecule has 1 aromatic heterocycles. The fraction of sp³-hybridized carbons (Fsp3) is 0.500. The van der Waals surface area contributed by atoms with Crippen LogP contribution in [-0.2, 0) is 13.0 Å². The number of ether oxygens (including phenoxy) is 1. The molecule has 162 valence electrons. The molecule has 1 saturated heterocycles. The summed E-state index contributed by atoms with van der Waals surface area (Å²) in [5, 5.41) is 9.53. The van der Waals surface area contributed by atoms with Crippen molar-refractivity contribution in [2.45, 2.75) is 46.7 Å². The summed E-state index contributed by atoms with van der Waals surface area (Å²) in [6, 6.07) is 12.5. The Labute approximate surface area is 179 Å². The van der Waals surface area contributed by atoms with Crippen LogP contribution in [0.1, 0.15) is 37.6 Å². The average molecular weight is 412 g/mol. The molecule has 0 saturated carbocycles. The van der Waals surface area contributed by atoms with Crippen LogP contribution in [0.3, 0.4) is 0 Å². The fourth-order valence-electron chi connectivity index (χ4n) is 3.85. The number of carboxylic acid groups (broad SMARTS) is 1. The van der Waals surface area contributed by atoms with Crippen LogP contribution < -0.4 is 4.74 Å². The van der Waals surface area contributed by atoms with E-state index in [1.54, 1.807) is 11.1 Å². The summed E-state index contributed by atoms with van der Waals surface area (Å²) in [6.07, 6.45) is 1.79. The lowest BCUT2D eigenvalue weighted by Crippen LogP contribution is -2.59. The number of benzene rings is 1. The van der Waals surface area contributed by atoms with Gasteiger partial charge in [-0.25, -0.2) is 4.79 Å². The van der Waals surface area contributed by atoms with Gasteiger partial charge in [0.15, 0.2) is 0 Å². The molecule has 0 spiro atoms. The summed E-state index contributed by atoms with van der Waals surface area (Å²) in [5.41, 5.74) is 3.38. The first-order chi connectivity index (χ1) is 14.2. The lowest BCUT2D eigenvalue weighted by Gasteiger charge is -2.46. The highest BCUT2D eigenvalue weighted by Crippen LogP contribution is 2.28. The summed E-state index contributed by atoms with van der Waals surface area (Å²) >= 11 is 0. The Kier molecular flexibility index (Phi) is 6.98. The molecule has 1 fully saturated rings. The summed E-state index contributed by atoms with van der Waals surface area (Å²) < 4.78 is 5.77. The van der Waals surface area contributed by atoms with Crippen molar-refractivity contribution in [2.75, 3.05) is 26.2 Å². The van der Waals surface area contributed by atoms with E-state index in [9.17, 15) is 9.90 Å². The number of aryl methyl sites for hydroxylation is 1. The fourth-order valence-corrected chi connectivity index (χ4v) is 3.85. The molecule has 6 heteroatoms. The van der Waals surface area contributed by atoms with Crippen LogP contribution in [0, 0.1) is 12.3 Å². The molecule has 1 unspecified atom stereocenters. The molecule has 2 aromatic rings. The Hall–Kier alpha value is -2.60. The molecule has 6 nitrogen and oxygen atoms in total. The van der Waals surface area contributed by atoms with Gasteiger partial charge in [-0.05, 0) is 35.6 Å². The smallest absolute Gasteiger partial charge is 0.407 e. The zero-order valence-electron chi connectivity index (χ0n) is 18.5. The van der Waals surface area contributed by atoms with Gasteiger partial charge in [0.25, 0.3) is 0 Å². The zero-order valence-corrected chi connectivity index (χ0v) is 18.5. The molecule has 0 radical (unpaired) electrons. The number of nitrogens with zero attached hydrogens (tertiary/aromatic N) is 3. The standard InChI is InChI=1S/C24H33N3O3/c1-18-5-10-21(15-25-18)30-14-11-19-6-8-20(9-7-19)16-26-12-13-27(23(28)29)22(17-26)24(2,3)4/h5-10,15,22H,11-14,16-17H2,1-4H3,(H,28,29). The van der Waals surface area contributed by atoms with Crippen molar-refractivity contribution in [1.29, 1.82) is 0 Å². The van der Waals surface area contributed by atoms with Crippen molar-refractivity contribution < 1.29 is 14.6 Å². The van der Waals surface area contributed by atoms with Crippen molar-refractivity contribution in [3.05, 3.63) is 59.4 Å². The summed E-state index contributed by atoms with van der Waals surface area (Å²) in [4.78, 5) is 19.8. The van der Waals surface area contributed by atoms with Gasteiger partial charge in [0.1, 0.15) is 5.75 Å². The number of amides is 1. The molecule has 2 heterocycles. The number of hydrogen-bond donors (Lipinski definition) is 1. The number of rotatable bonds is 6. The second-order valence-electron chi connectivity index (χ2n) is 9.14. The summed E-state index contributed by atoms with van der Waals surface area (Å²) in [6.45, 7) is 11.8. The Bertz CT molecular complexity index is 828. The van der Waals surface area contributed by atoms with Gasteiger partial charge < -0.3 is 14.7 Å². The van der Waals surface area contributed by atoms with Crippen LogP contribution in [0.5, 0.6) is 5.75 Å². The van der Waals surface area contributed by atoms with Crippen LogP contribution in [0.2, 0.25) is 0 Å². The third kappa shape index (κ3) is 5.95. The third-order valence-corrected chi connectivity index (χ3v) is 5.68. The lowest BCUT2D eigenvalue weighted by atomic mass is 9.84. The molecule has 0 bridgehead atoms. The minimum Gasteiger partial charge on any atom is -0.492 e. The Morgan fingerprint density at radius 1 is 1.13 bits per heavy atom. The topological polar surface area (TPSA) is 65.9 Å². The molecular weight excluding hydrogens is 378 g/mol. The molecular formula is C24H33N3O3. The first kappa shape index (κ1) is 22.1. The maximum absolute atomic E-state index is 11.6. The Morgan fingerprint density at radius 3 is 2.43 bits per heavy atom. The highest BCUT2D eigenvalue weighted by Gasteiger charge is 2.37. The molecule has 1 atom stereocenters. The second-order valence-corrected chi connectivity index (χ2v) is 9.14. The quantitative estimate of drug-likeness (QED) is 0.771. The van der Waals surface area contributed by atoms with E-state index in [1.807, 2.05) is 19.1 Å². The molecule has 1 N–H and O–H groups in total. The molecule has 1 aliphatic rings. The molecule has 1 aromatic carbocycles. The van der Waals surface area contributed by atoms with Crippen molar-refractivity contribution in [3.63, 3.8) is 0 Å². The van der Waals surface area contributed by atoms with E-state index in [2.05, 4.69) is 54.9 Å². The van der Waals surface area contributed by atoms with Gasteiger partial charge in [-0.1, -0.05) is 45.0 Å². The molecule has 30 heavy (non-hydrogen) atoms. The number of pyridine rings is 1. The molecule has 0 aliphatic carbocycles. The maximum Gasteiger partial charge on any atom is 0.407 e. The average Bonchev–Trinajstić information content (AvgIpc) is 2.70. The number of hydrogen-bond acceptors (Lipinski definition) is 4. The molecule has 1 aliphatic heterocycles. The maximum atomic E-state index is 11.6. The predicted octanol–water partition coefficient (Wildman–Crippen LogP) is 4.22. The van der Waals surface area contributed by atoms with E-state index in [-0.39, 0.29) is 11.5 Å². The lowest BCUT2D eigenvalue weighted by molar-refractivity contribution is 0.0190. The van der Waals surface area contributed by atoms with E-state index in [1.165, 1.54) is 11.1 Å².